The third-order valence-corrected chi connectivity index (χ3v) is 5.90. The van der Waals surface area contributed by atoms with Gasteiger partial charge in [-0.3, -0.25) is 9.69 Å². The van der Waals surface area contributed by atoms with Gasteiger partial charge in [-0.05, 0) is 37.1 Å². The quantitative estimate of drug-likeness (QED) is 0.625. The molecule has 6 nitrogen and oxygen atoms in total. The van der Waals surface area contributed by atoms with Crippen LogP contribution in [0.1, 0.15) is 23.2 Å². The van der Waals surface area contributed by atoms with Crippen molar-refractivity contribution < 1.29 is 19.0 Å². The van der Waals surface area contributed by atoms with E-state index in [4.69, 9.17) is 19.2 Å². The molecule has 0 aliphatic carbocycles. The van der Waals surface area contributed by atoms with E-state index in [-0.39, 0.29) is 12.0 Å². The van der Waals surface area contributed by atoms with E-state index in [0.29, 0.717) is 34.3 Å². The molecule has 1 amide bonds. The largest absolute Gasteiger partial charge is 0.495 e. The van der Waals surface area contributed by atoms with Gasteiger partial charge in [-0.15, -0.1) is 0 Å². The molecule has 1 aliphatic heterocycles. The van der Waals surface area contributed by atoms with Gasteiger partial charge in [-0.2, -0.15) is 0 Å². The Labute approximate surface area is 167 Å². The first-order valence-electron chi connectivity index (χ1n) is 9.21. The van der Waals surface area contributed by atoms with E-state index in [0.717, 1.165) is 24.1 Å². The molecule has 0 radical (unpaired) electrons. The monoisotopic (exact) mass is 398 g/mol. The van der Waals surface area contributed by atoms with Gasteiger partial charge < -0.3 is 14.2 Å². The summed E-state index contributed by atoms with van der Waals surface area (Å²) in [5, 5.41) is 0.613. The Kier molecular flexibility index (Phi) is 5.45. The molecule has 1 aliphatic rings. The summed E-state index contributed by atoms with van der Waals surface area (Å²) in [6.07, 6.45) is 1.97. The van der Waals surface area contributed by atoms with E-state index >= 15 is 0 Å². The maximum atomic E-state index is 13.3. The topological polar surface area (TPSA) is 60.9 Å². The molecular formula is C21H22N2O4S. The predicted octanol–water partition coefficient (Wildman–Crippen LogP) is 4.14. The summed E-state index contributed by atoms with van der Waals surface area (Å²) in [6.45, 7) is 1.21. The summed E-state index contributed by atoms with van der Waals surface area (Å²) in [5.41, 5.74) is 1.32. The Morgan fingerprint density at radius 3 is 2.61 bits per heavy atom. The number of amides is 1. The Morgan fingerprint density at radius 1 is 1.18 bits per heavy atom. The Morgan fingerprint density at radius 2 is 1.93 bits per heavy atom. The average Bonchev–Trinajstić information content (AvgIpc) is 3.41. The fourth-order valence-corrected chi connectivity index (χ4v) is 4.45. The number of carbonyl (C=O) groups excluding carboxylic acids is 1. The van der Waals surface area contributed by atoms with Crippen LogP contribution >= 0.6 is 11.3 Å². The number of carbonyl (C=O) groups is 1. The molecular weight excluding hydrogens is 376 g/mol. The van der Waals surface area contributed by atoms with Crippen molar-refractivity contribution in [2.24, 2.45) is 0 Å². The maximum Gasteiger partial charge on any atom is 0.260 e. The van der Waals surface area contributed by atoms with Gasteiger partial charge in [0.2, 0.25) is 0 Å². The van der Waals surface area contributed by atoms with Crippen LogP contribution in [0.2, 0.25) is 0 Å². The third kappa shape index (κ3) is 3.55. The standard InChI is InChI=1S/C21H22N2O4S/c1-25-16-10-11-17(26-2)19-18(16)22-21(28-19)23(13-15-9-6-12-27-15)20(24)14-7-4-3-5-8-14/h3-5,7-8,10-11,15H,6,9,12-13H2,1-2H3. The van der Waals surface area contributed by atoms with Crippen molar-refractivity contribution >= 4 is 32.6 Å². The van der Waals surface area contributed by atoms with E-state index in [1.165, 1.54) is 11.3 Å². The summed E-state index contributed by atoms with van der Waals surface area (Å²) >= 11 is 1.43. The molecule has 0 spiro atoms. The van der Waals surface area contributed by atoms with Gasteiger partial charge in [0.25, 0.3) is 5.91 Å². The number of ether oxygens (including phenoxy) is 3. The molecule has 1 fully saturated rings. The second-order valence-corrected chi connectivity index (χ2v) is 7.54. The smallest absolute Gasteiger partial charge is 0.260 e. The summed E-state index contributed by atoms with van der Waals surface area (Å²) in [6, 6.07) is 12.9. The van der Waals surface area contributed by atoms with Gasteiger partial charge in [-0.25, -0.2) is 4.98 Å². The fourth-order valence-electron chi connectivity index (χ4n) is 3.37. The lowest BCUT2D eigenvalue weighted by atomic mass is 10.2. The van der Waals surface area contributed by atoms with Crippen molar-refractivity contribution in [2.45, 2.75) is 18.9 Å². The first-order valence-corrected chi connectivity index (χ1v) is 10.0. The summed E-state index contributed by atoms with van der Waals surface area (Å²) in [5.74, 6) is 1.28. The highest BCUT2D eigenvalue weighted by molar-refractivity contribution is 7.22. The molecule has 0 bridgehead atoms. The number of fused-ring (bicyclic) bond motifs is 1. The van der Waals surface area contributed by atoms with Crippen molar-refractivity contribution in [2.75, 3.05) is 32.3 Å². The summed E-state index contributed by atoms with van der Waals surface area (Å²) < 4.78 is 17.6. The predicted molar refractivity (Wildman–Crippen MR) is 110 cm³/mol. The molecule has 7 heteroatoms. The normalized spacial score (nSPS) is 16.3. The van der Waals surface area contributed by atoms with Crippen molar-refractivity contribution in [1.29, 1.82) is 0 Å². The second kappa shape index (κ2) is 8.16. The van der Waals surface area contributed by atoms with Gasteiger partial charge in [0.1, 0.15) is 21.7 Å². The lowest BCUT2D eigenvalue weighted by Gasteiger charge is -2.23. The van der Waals surface area contributed by atoms with Crippen LogP contribution in [0.25, 0.3) is 10.2 Å². The highest BCUT2D eigenvalue weighted by Crippen LogP contribution is 2.40. The van der Waals surface area contributed by atoms with Gasteiger partial charge in [0.05, 0.1) is 26.9 Å². The zero-order valence-electron chi connectivity index (χ0n) is 15.9. The van der Waals surface area contributed by atoms with E-state index in [1.807, 2.05) is 42.5 Å². The fraction of sp³-hybridized carbons (Fsp3) is 0.333. The molecule has 28 heavy (non-hydrogen) atoms. The molecule has 1 saturated heterocycles. The van der Waals surface area contributed by atoms with Crippen LogP contribution in [0.5, 0.6) is 11.5 Å². The van der Waals surface area contributed by atoms with Crippen LogP contribution in [0.15, 0.2) is 42.5 Å². The molecule has 0 N–H and O–H groups in total. The van der Waals surface area contributed by atoms with E-state index in [9.17, 15) is 4.79 Å². The molecule has 146 valence electrons. The molecule has 4 rings (SSSR count). The van der Waals surface area contributed by atoms with E-state index < -0.39 is 0 Å². The number of anilines is 1. The molecule has 1 atom stereocenters. The minimum absolute atomic E-state index is 0.0171. The number of hydrogen-bond donors (Lipinski definition) is 0. The third-order valence-electron chi connectivity index (χ3n) is 4.81. The Bertz CT molecular complexity index is 926. The van der Waals surface area contributed by atoms with Crippen LogP contribution in [-0.2, 0) is 4.74 Å². The molecule has 2 heterocycles. The zero-order chi connectivity index (χ0) is 19.5. The van der Waals surface area contributed by atoms with Crippen LogP contribution in [0.4, 0.5) is 5.13 Å². The molecule has 2 aromatic carbocycles. The number of aromatic nitrogens is 1. The van der Waals surface area contributed by atoms with Crippen molar-refractivity contribution in [3.8, 4) is 11.5 Å². The average molecular weight is 398 g/mol. The number of rotatable bonds is 6. The number of nitrogens with zero attached hydrogens (tertiary/aromatic N) is 2. The van der Waals surface area contributed by atoms with E-state index in [1.54, 1.807) is 19.1 Å². The second-order valence-electron chi connectivity index (χ2n) is 6.56. The Balaban J connectivity index is 1.78. The highest BCUT2D eigenvalue weighted by atomic mass is 32.1. The van der Waals surface area contributed by atoms with E-state index in [2.05, 4.69) is 0 Å². The highest BCUT2D eigenvalue weighted by Gasteiger charge is 2.28. The lowest BCUT2D eigenvalue weighted by Crippen LogP contribution is -2.37. The first kappa shape index (κ1) is 18.7. The number of benzene rings is 2. The number of methoxy groups -OCH3 is 2. The van der Waals surface area contributed by atoms with Gasteiger partial charge >= 0.3 is 0 Å². The van der Waals surface area contributed by atoms with Crippen LogP contribution < -0.4 is 14.4 Å². The van der Waals surface area contributed by atoms with Gasteiger partial charge in [0, 0.05) is 12.2 Å². The number of thiazole rings is 1. The SMILES string of the molecule is COc1ccc(OC)c2sc(N(CC3CCCO3)C(=O)c3ccccc3)nc12. The van der Waals surface area contributed by atoms with Crippen molar-refractivity contribution in [3.63, 3.8) is 0 Å². The minimum atomic E-state index is -0.0897. The van der Waals surface area contributed by atoms with Crippen LogP contribution in [0.3, 0.4) is 0 Å². The lowest BCUT2D eigenvalue weighted by molar-refractivity contribution is 0.0917. The van der Waals surface area contributed by atoms with Gasteiger partial charge in [0.15, 0.2) is 5.13 Å². The molecule has 1 aromatic heterocycles. The Hall–Kier alpha value is -2.64. The van der Waals surface area contributed by atoms with Crippen molar-refractivity contribution in [1.82, 2.24) is 4.98 Å². The maximum absolute atomic E-state index is 13.3. The first-order chi connectivity index (χ1) is 13.7. The number of hydrogen-bond acceptors (Lipinski definition) is 6. The minimum Gasteiger partial charge on any atom is -0.495 e. The molecule has 3 aromatic rings. The summed E-state index contributed by atoms with van der Waals surface area (Å²) in [4.78, 5) is 19.8. The van der Waals surface area contributed by atoms with Gasteiger partial charge in [-0.1, -0.05) is 29.5 Å². The van der Waals surface area contributed by atoms with Crippen LogP contribution in [0, 0.1) is 0 Å². The molecule has 0 saturated carbocycles. The zero-order valence-corrected chi connectivity index (χ0v) is 16.7. The summed E-state index contributed by atoms with van der Waals surface area (Å²) in [7, 11) is 3.24. The van der Waals surface area contributed by atoms with Crippen molar-refractivity contribution in [3.05, 3.63) is 48.0 Å². The molecule has 1 unspecified atom stereocenters. The van der Waals surface area contributed by atoms with Crippen LogP contribution in [-0.4, -0.2) is 44.4 Å².